The Kier molecular flexibility index (Phi) is 2.98. The molecule has 0 bridgehead atoms. The van der Waals surface area contributed by atoms with E-state index in [1.807, 2.05) is 49.4 Å². The van der Waals surface area contributed by atoms with Crippen LogP contribution in [0.5, 0.6) is 0 Å². The monoisotopic (exact) mass is 302 g/mol. The first-order valence-electron chi connectivity index (χ1n) is 7.61. The minimum absolute atomic E-state index is 0.689. The van der Waals surface area contributed by atoms with Crippen LogP contribution in [0.2, 0.25) is 0 Å². The van der Waals surface area contributed by atoms with E-state index < -0.39 is 0 Å². The molecule has 0 saturated heterocycles. The van der Waals surface area contributed by atoms with Gasteiger partial charge in [0, 0.05) is 27.8 Å². The van der Waals surface area contributed by atoms with E-state index in [0.717, 1.165) is 33.8 Å². The molecule has 2 aromatic carbocycles. The van der Waals surface area contributed by atoms with Crippen molar-refractivity contribution in [3.8, 4) is 0 Å². The molecular weight excluding hydrogens is 284 g/mol. The molecule has 4 nitrogen and oxygen atoms in total. The second kappa shape index (κ2) is 5.02. The first kappa shape index (κ1) is 13.6. The molecule has 0 atom stereocenters. The smallest absolute Gasteiger partial charge is 0.0654 e. The first-order chi connectivity index (χ1) is 11.1. The van der Waals surface area contributed by atoms with Crippen LogP contribution in [0.15, 0.2) is 54.6 Å². The molecule has 0 fully saturated rings. The molecule has 4 rings (SSSR count). The Morgan fingerprint density at radius 2 is 1.48 bits per heavy atom. The Balaban J connectivity index is 2.01. The fourth-order valence-corrected chi connectivity index (χ4v) is 3.15. The molecule has 0 spiro atoms. The fraction of sp³-hybridized carbons (Fsp3) is 0.105. The summed E-state index contributed by atoms with van der Waals surface area (Å²) in [5, 5.41) is 2.36. The van der Waals surface area contributed by atoms with Gasteiger partial charge < -0.3 is 16.0 Å². The highest BCUT2D eigenvalue weighted by Crippen LogP contribution is 2.32. The van der Waals surface area contributed by atoms with Gasteiger partial charge in [-0.3, -0.25) is 4.98 Å². The molecule has 0 radical (unpaired) electrons. The Bertz CT molecular complexity index is 971. The third-order valence-corrected chi connectivity index (χ3v) is 4.18. The maximum atomic E-state index is 6.01. The molecule has 4 N–H and O–H groups in total. The SMILES string of the molecule is Cc1cccc(Cn2c3cc(N)ccc3c3ccc(N)cc32)n1. The molecule has 0 aliphatic carbocycles. The molecule has 4 heteroatoms. The van der Waals surface area contributed by atoms with Crippen LogP contribution in [0.25, 0.3) is 21.8 Å². The summed E-state index contributed by atoms with van der Waals surface area (Å²) in [5.74, 6) is 0. The number of rotatable bonds is 2. The molecule has 2 aromatic heterocycles. The first-order valence-corrected chi connectivity index (χ1v) is 7.61. The summed E-state index contributed by atoms with van der Waals surface area (Å²) in [5.41, 5.74) is 17.8. The third-order valence-electron chi connectivity index (χ3n) is 4.18. The van der Waals surface area contributed by atoms with Gasteiger partial charge >= 0.3 is 0 Å². The number of benzene rings is 2. The van der Waals surface area contributed by atoms with E-state index in [9.17, 15) is 0 Å². The normalized spacial score (nSPS) is 11.3. The molecule has 0 saturated carbocycles. The Morgan fingerprint density at radius 1 is 0.870 bits per heavy atom. The number of pyridine rings is 1. The van der Waals surface area contributed by atoms with Gasteiger partial charge in [0.05, 0.1) is 23.3 Å². The van der Waals surface area contributed by atoms with E-state index in [4.69, 9.17) is 11.5 Å². The van der Waals surface area contributed by atoms with Crippen molar-refractivity contribution in [1.29, 1.82) is 0 Å². The van der Waals surface area contributed by atoms with Gasteiger partial charge in [0.2, 0.25) is 0 Å². The van der Waals surface area contributed by atoms with Crippen molar-refractivity contribution in [1.82, 2.24) is 9.55 Å². The van der Waals surface area contributed by atoms with Crippen molar-refractivity contribution >= 4 is 33.2 Å². The summed E-state index contributed by atoms with van der Waals surface area (Å²) in [6, 6.07) is 18.1. The second-order valence-corrected chi connectivity index (χ2v) is 5.91. The number of nitrogens with two attached hydrogens (primary N) is 2. The van der Waals surface area contributed by atoms with E-state index in [-0.39, 0.29) is 0 Å². The van der Waals surface area contributed by atoms with Gasteiger partial charge in [-0.05, 0) is 43.3 Å². The molecule has 0 aliphatic rings. The van der Waals surface area contributed by atoms with E-state index in [1.54, 1.807) is 0 Å². The van der Waals surface area contributed by atoms with Crippen LogP contribution in [-0.2, 0) is 6.54 Å². The Morgan fingerprint density at radius 3 is 2.04 bits per heavy atom. The number of fused-ring (bicyclic) bond motifs is 3. The van der Waals surface area contributed by atoms with Gasteiger partial charge in [0.1, 0.15) is 0 Å². The number of aryl methyl sites for hydroxylation is 1. The predicted molar refractivity (Wildman–Crippen MR) is 96.3 cm³/mol. The molecule has 2 heterocycles. The lowest BCUT2D eigenvalue weighted by molar-refractivity contribution is 0.829. The molecule has 4 aromatic rings. The number of hydrogen-bond donors (Lipinski definition) is 2. The Labute approximate surface area is 134 Å². The predicted octanol–water partition coefficient (Wildman–Crippen LogP) is 3.71. The number of hydrogen-bond acceptors (Lipinski definition) is 3. The summed E-state index contributed by atoms with van der Waals surface area (Å²) in [6.45, 7) is 2.69. The average Bonchev–Trinajstić information content (AvgIpc) is 2.80. The topological polar surface area (TPSA) is 69.9 Å². The summed E-state index contributed by atoms with van der Waals surface area (Å²) < 4.78 is 2.24. The maximum Gasteiger partial charge on any atom is 0.0654 e. The van der Waals surface area contributed by atoms with Crippen LogP contribution in [0, 0.1) is 6.92 Å². The highest BCUT2D eigenvalue weighted by molar-refractivity contribution is 6.09. The number of nitrogens with zero attached hydrogens (tertiary/aromatic N) is 2. The van der Waals surface area contributed by atoms with Crippen LogP contribution in [-0.4, -0.2) is 9.55 Å². The van der Waals surface area contributed by atoms with Crippen molar-refractivity contribution < 1.29 is 0 Å². The zero-order valence-corrected chi connectivity index (χ0v) is 13.0. The van der Waals surface area contributed by atoms with Crippen molar-refractivity contribution in [2.45, 2.75) is 13.5 Å². The van der Waals surface area contributed by atoms with Gasteiger partial charge in [0.15, 0.2) is 0 Å². The molecule has 0 aliphatic heterocycles. The fourth-order valence-electron chi connectivity index (χ4n) is 3.15. The highest BCUT2D eigenvalue weighted by atomic mass is 15.0. The van der Waals surface area contributed by atoms with Gasteiger partial charge in [-0.15, -0.1) is 0 Å². The van der Waals surface area contributed by atoms with Crippen LogP contribution in [0.1, 0.15) is 11.4 Å². The van der Waals surface area contributed by atoms with Crippen molar-refractivity contribution in [2.75, 3.05) is 11.5 Å². The van der Waals surface area contributed by atoms with Crippen molar-refractivity contribution in [3.63, 3.8) is 0 Å². The molecule has 23 heavy (non-hydrogen) atoms. The zero-order valence-electron chi connectivity index (χ0n) is 13.0. The Hall–Kier alpha value is -3.01. The maximum absolute atomic E-state index is 6.01. The lowest BCUT2D eigenvalue weighted by atomic mass is 10.1. The highest BCUT2D eigenvalue weighted by Gasteiger charge is 2.12. The van der Waals surface area contributed by atoms with Gasteiger partial charge in [0.25, 0.3) is 0 Å². The largest absolute Gasteiger partial charge is 0.399 e. The molecule has 114 valence electrons. The molecule has 0 amide bonds. The van der Waals surface area contributed by atoms with Crippen LogP contribution in [0.4, 0.5) is 11.4 Å². The molecular formula is C19H18N4. The van der Waals surface area contributed by atoms with E-state index in [2.05, 4.69) is 21.7 Å². The number of anilines is 2. The van der Waals surface area contributed by atoms with E-state index in [0.29, 0.717) is 6.54 Å². The molecule has 0 unspecified atom stereocenters. The third kappa shape index (κ3) is 2.28. The second-order valence-electron chi connectivity index (χ2n) is 5.91. The minimum Gasteiger partial charge on any atom is -0.399 e. The van der Waals surface area contributed by atoms with E-state index in [1.165, 1.54) is 10.8 Å². The van der Waals surface area contributed by atoms with Crippen molar-refractivity contribution in [2.24, 2.45) is 0 Å². The summed E-state index contributed by atoms with van der Waals surface area (Å²) in [7, 11) is 0. The van der Waals surface area contributed by atoms with Crippen LogP contribution >= 0.6 is 0 Å². The van der Waals surface area contributed by atoms with Gasteiger partial charge in [-0.25, -0.2) is 0 Å². The quantitative estimate of drug-likeness (QED) is 0.555. The summed E-state index contributed by atoms with van der Waals surface area (Å²) in [6.07, 6.45) is 0. The van der Waals surface area contributed by atoms with Gasteiger partial charge in [-0.1, -0.05) is 18.2 Å². The lowest BCUT2D eigenvalue weighted by Crippen LogP contribution is -2.02. The van der Waals surface area contributed by atoms with Gasteiger partial charge in [-0.2, -0.15) is 0 Å². The summed E-state index contributed by atoms with van der Waals surface area (Å²) >= 11 is 0. The van der Waals surface area contributed by atoms with E-state index >= 15 is 0 Å². The standard InChI is InChI=1S/C19H18N4/c1-12-3-2-4-15(22-12)11-23-18-9-13(20)5-7-16(18)17-8-6-14(21)10-19(17)23/h2-10H,11,20-21H2,1H3. The zero-order chi connectivity index (χ0) is 16.0. The minimum atomic E-state index is 0.689. The average molecular weight is 302 g/mol. The van der Waals surface area contributed by atoms with Crippen molar-refractivity contribution in [3.05, 3.63) is 66.0 Å². The number of aromatic nitrogens is 2. The lowest BCUT2D eigenvalue weighted by Gasteiger charge is -2.08. The number of nitrogen functional groups attached to an aromatic ring is 2. The van der Waals surface area contributed by atoms with Crippen LogP contribution < -0.4 is 11.5 Å². The summed E-state index contributed by atoms with van der Waals surface area (Å²) in [4.78, 5) is 4.62. The van der Waals surface area contributed by atoms with Crippen LogP contribution in [0.3, 0.4) is 0 Å².